The molecule has 1 aromatic carbocycles. The minimum absolute atomic E-state index is 0.135. The van der Waals surface area contributed by atoms with Crippen LogP contribution in [0.25, 0.3) is 0 Å². The second-order valence-electron chi connectivity index (χ2n) is 6.75. The number of amides is 1. The largest absolute Gasteiger partial charge is 0.444 e. The fraction of sp³-hybridized carbons (Fsp3) is 0.588. The van der Waals surface area contributed by atoms with Crippen LogP contribution in [-0.2, 0) is 16.1 Å². The Kier molecular flexibility index (Phi) is 5.57. The molecule has 1 heterocycles. The van der Waals surface area contributed by atoms with Gasteiger partial charge in [-0.2, -0.15) is 0 Å². The lowest BCUT2D eigenvalue weighted by molar-refractivity contribution is -0.0259. The van der Waals surface area contributed by atoms with Crippen LogP contribution in [0.1, 0.15) is 39.2 Å². The van der Waals surface area contributed by atoms with Gasteiger partial charge < -0.3 is 14.4 Å². The average Bonchev–Trinajstić information content (AvgIpc) is 2.47. The second kappa shape index (κ2) is 7.25. The summed E-state index contributed by atoms with van der Waals surface area (Å²) in [6.07, 6.45) is 1.16. The number of carbonyl (C=O) groups is 1. The zero-order valence-corrected chi connectivity index (χ0v) is 13.8. The molecule has 0 N–H and O–H groups in total. The Morgan fingerprint density at radius 3 is 2.70 bits per heavy atom. The minimum atomic E-state index is -0.884. The number of halogens is 2. The molecule has 1 fully saturated rings. The van der Waals surface area contributed by atoms with Crippen LogP contribution in [0.5, 0.6) is 0 Å². The molecule has 4 nitrogen and oxygen atoms in total. The Bertz CT molecular complexity index is 557. The number of rotatable bonds is 3. The summed E-state index contributed by atoms with van der Waals surface area (Å²) in [7, 11) is 0. The first-order chi connectivity index (χ1) is 10.7. The summed E-state index contributed by atoms with van der Waals surface area (Å²) in [5, 5.41) is 0. The number of benzene rings is 1. The third-order valence-electron chi connectivity index (χ3n) is 3.50. The minimum Gasteiger partial charge on any atom is -0.444 e. The first-order valence-corrected chi connectivity index (χ1v) is 7.78. The number of likely N-dealkylation sites (tertiary alicyclic amines) is 1. The van der Waals surface area contributed by atoms with Crippen molar-refractivity contribution in [2.24, 2.45) is 0 Å². The van der Waals surface area contributed by atoms with Crippen molar-refractivity contribution in [2.75, 3.05) is 13.1 Å². The number of carbonyl (C=O) groups excluding carboxylic acids is 1. The van der Waals surface area contributed by atoms with Gasteiger partial charge in [0, 0.05) is 6.54 Å². The summed E-state index contributed by atoms with van der Waals surface area (Å²) in [6, 6.07) is 3.71. The molecular formula is C17H23F2NO3. The highest BCUT2D eigenvalue weighted by molar-refractivity contribution is 5.68. The summed E-state index contributed by atoms with van der Waals surface area (Å²) >= 11 is 0. The molecule has 1 atom stereocenters. The molecule has 1 aliphatic heterocycles. The lowest BCUT2D eigenvalue weighted by Crippen LogP contribution is -2.45. The van der Waals surface area contributed by atoms with Gasteiger partial charge in [0.05, 0.1) is 19.3 Å². The summed E-state index contributed by atoms with van der Waals surface area (Å²) in [5.74, 6) is -1.76. The Morgan fingerprint density at radius 2 is 2.04 bits per heavy atom. The van der Waals surface area contributed by atoms with E-state index in [2.05, 4.69) is 0 Å². The van der Waals surface area contributed by atoms with Crippen LogP contribution in [0.15, 0.2) is 18.2 Å². The van der Waals surface area contributed by atoms with Crippen molar-refractivity contribution in [3.8, 4) is 0 Å². The Balaban J connectivity index is 1.86. The van der Waals surface area contributed by atoms with Gasteiger partial charge in [0.1, 0.15) is 5.60 Å². The van der Waals surface area contributed by atoms with Crippen LogP contribution in [0, 0.1) is 11.6 Å². The van der Waals surface area contributed by atoms with Crippen LogP contribution in [0.4, 0.5) is 13.6 Å². The van der Waals surface area contributed by atoms with E-state index in [0.717, 1.165) is 25.0 Å². The predicted molar refractivity (Wildman–Crippen MR) is 82.0 cm³/mol. The molecule has 128 valence electrons. The molecule has 1 unspecified atom stereocenters. The molecule has 6 heteroatoms. The number of ether oxygens (including phenoxy) is 2. The summed E-state index contributed by atoms with van der Waals surface area (Å²) in [6.45, 7) is 6.74. The molecule has 0 spiro atoms. The maximum Gasteiger partial charge on any atom is 0.410 e. The molecule has 0 bridgehead atoms. The fourth-order valence-corrected chi connectivity index (χ4v) is 2.41. The smallest absolute Gasteiger partial charge is 0.410 e. The number of hydrogen-bond donors (Lipinski definition) is 0. The normalized spacial score (nSPS) is 18.8. The third kappa shape index (κ3) is 5.46. The van der Waals surface area contributed by atoms with Gasteiger partial charge in [0.25, 0.3) is 0 Å². The van der Waals surface area contributed by atoms with Crippen molar-refractivity contribution in [3.05, 3.63) is 35.4 Å². The molecule has 2 rings (SSSR count). The van der Waals surface area contributed by atoms with Gasteiger partial charge in [0.2, 0.25) is 0 Å². The van der Waals surface area contributed by atoms with Gasteiger partial charge in [-0.15, -0.1) is 0 Å². The van der Waals surface area contributed by atoms with Crippen LogP contribution in [-0.4, -0.2) is 35.8 Å². The maximum absolute atomic E-state index is 13.2. The fourth-order valence-electron chi connectivity index (χ4n) is 2.41. The van der Waals surface area contributed by atoms with Crippen LogP contribution in [0.3, 0.4) is 0 Å². The van der Waals surface area contributed by atoms with E-state index in [1.54, 1.807) is 4.90 Å². The molecule has 0 radical (unpaired) electrons. The predicted octanol–water partition coefficient (Wildman–Crippen LogP) is 3.88. The Hall–Kier alpha value is -1.69. The molecule has 0 saturated carbocycles. The van der Waals surface area contributed by atoms with E-state index in [1.165, 1.54) is 6.07 Å². The molecule has 1 aromatic rings. The lowest BCUT2D eigenvalue weighted by Gasteiger charge is -2.34. The second-order valence-corrected chi connectivity index (χ2v) is 6.75. The zero-order chi connectivity index (χ0) is 17.0. The van der Waals surface area contributed by atoms with E-state index in [0.29, 0.717) is 18.7 Å². The van der Waals surface area contributed by atoms with E-state index >= 15 is 0 Å². The van der Waals surface area contributed by atoms with Gasteiger partial charge in [-0.05, 0) is 51.3 Å². The topological polar surface area (TPSA) is 38.8 Å². The monoisotopic (exact) mass is 327 g/mol. The molecule has 23 heavy (non-hydrogen) atoms. The summed E-state index contributed by atoms with van der Waals surface area (Å²) in [5.41, 5.74) is 0.0366. The van der Waals surface area contributed by atoms with E-state index in [-0.39, 0.29) is 18.8 Å². The van der Waals surface area contributed by atoms with Crippen molar-refractivity contribution in [1.29, 1.82) is 0 Å². The van der Waals surface area contributed by atoms with Crippen LogP contribution < -0.4 is 0 Å². The molecule has 0 aliphatic carbocycles. The van der Waals surface area contributed by atoms with Crippen molar-refractivity contribution >= 4 is 6.09 Å². The van der Waals surface area contributed by atoms with Gasteiger partial charge in [-0.25, -0.2) is 13.6 Å². The van der Waals surface area contributed by atoms with Crippen molar-refractivity contribution in [3.63, 3.8) is 0 Å². The van der Waals surface area contributed by atoms with Crippen LogP contribution in [0.2, 0.25) is 0 Å². The number of piperidine rings is 1. The maximum atomic E-state index is 13.2. The van der Waals surface area contributed by atoms with Gasteiger partial charge in [-0.3, -0.25) is 0 Å². The van der Waals surface area contributed by atoms with Crippen molar-refractivity contribution in [1.82, 2.24) is 4.90 Å². The van der Waals surface area contributed by atoms with E-state index < -0.39 is 17.2 Å². The molecule has 1 aliphatic rings. The van der Waals surface area contributed by atoms with Crippen molar-refractivity contribution < 1.29 is 23.0 Å². The first-order valence-electron chi connectivity index (χ1n) is 7.78. The molecule has 1 amide bonds. The number of nitrogens with zero attached hydrogens (tertiary/aromatic N) is 1. The molecule has 0 aromatic heterocycles. The Labute approximate surface area is 135 Å². The van der Waals surface area contributed by atoms with E-state index in [9.17, 15) is 13.6 Å². The highest BCUT2D eigenvalue weighted by Gasteiger charge is 2.28. The first kappa shape index (κ1) is 17.7. The lowest BCUT2D eigenvalue weighted by atomic mass is 10.1. The quantitative estimate of drug-likeness (QED) is 0.846. The van der Waals surface area contributed by atoms with Crippen LogP contribution >= 0.6 is 0 Å². The molecular weight excluding hydrogens is 304 g/mol. The average molecular weight is 327 g/mol. The Morgan fingerprint density at radius 1 is 1.30 bits per heavy atom. The summed E-state index contributed by atoms with van der Waals surface area (Å²) < 4.78 is 37.2. The summed E-state index contributed by atoms with van der Waals surface area (Å²) in [4.78, 5) is 13.7. The zero-order valence-electron chi connectivity index (χ0n) is 13.8. The van der Waals surface area contributed by atoms with Gasteiger partial charge in [0.15, 0.2) is 11.6 Å². The SMILES string of the molecule is CC(C)(C)OC(=O)N1CCCC(OCc2ccc(F)c(F)c2)C1. The third-order valence-corrected chi connectivity index (χ3v) is 3.50. The highest BCUT2D eigenvalue weighted by Crippen LogP contribution is 2.19. The van der Waals surface area contributed by atoms with Gasteiger partial charge >= 0.3 is 6.09 Å². The standard InChI is InChI=1S/C17H23F2NO3/c1-17(2,3)23-16(21)20-8-4-5-13(10-20)22-11-12-6-7-14(18)15(19)9-12/h6-7,9,13H,4-5,8,10-11H2,1-3H3. The van der Waals surface area contributed by atoms with Gasteiger partial charge in [-0.1, -0.05) is 6.07 Å². The molecule has 1 saturated heterocycles. The van der Waals surface area contributed by atoms with E-state index in [4.69, 9.17) is 9.47 Å². The highest BCUT2D eigenvalue weighted by atomic mass is 19.2. The number of hydrogen-bond acceptors (Lipinski definition) is 3. The van der Waals surface area contributed by atoms with Crippen molar-refractivity contribution in [2.45, 2.75) is 51.9 Å². The van der Waals surface area contributed by atoms with E-state index in [1.807, 2.05) is 20.8 Å².